The Morgan fingerprint density at radius 2 is 2.10 bits per heavy atom. The largest absolute Gasteiger partial charge is 0.455 e. The fraction of sp³-hybridized carbons (Fsp3) is 0.0714. The number of amides is 1. The van der Waals surface area contributed by atoms with Crippen LogP contribution in [0.1, 0.15) is 16.3 Å². The number of furan rings is 1. The molecular weight excluding hydrogens is 306 g/mol. The van der Waals surface area contributed by atoms with Gasteiger partial charge in [-0.15, -0.1) is 22.0 Å². The summed E-state index contributed by atoms with van der Waals surface area (Å²) in [5.74, 6) is 1.39. The number of carbonyl (C=O) groups is 1. The van der Waals surface area contributed by atoms with Gasteiger partial charge in [-0.1, -0.05) is 29.5 Å². The maximum absolute atomic E-state index is 11.9. The number of nitrogens with one attached hydrogen (secondary N) is 1. The van der Waals surface area contributed by atoms with Crippen LogP contribution in [0.2, 0.25) is 0 Å². The van der Waals surface area contributed by atoms with Crippen molar-refractivity contribution in [3.8, 4) is 0 Å². The zero-order valence-electron chi connectivity index (χ0n) is 10.9. The van der Waals surface area contributed by atoms with Gasteiger partial charge in [0.25, 0.3) is 5.91 Å². The van der Waals surface area contributed by atoms with Crippen molar-refractivity contribution >= 4 is 34.1 Å². The molecule has 1 amide bonds. The molecule has 7 heteroatoms. The molecule has 21 heavy (non-hydrogen) atoms. The SMILES string of the molecule is O=C(Nc1nncs1)c1ccc(CSc2ccccc2)o1. The predicted octanol–water partition coefficient (Wildman–Crippen LogP) is 3.68. The highest BCUT2D eigenvalue weighted by Gasteiger charge is 2.13. The molecule has 5 nitrogen and oxygen atoms in total. The maximum atomic E-state index is 11.9. The molecule has 0 aliphatic heterocycles. The van der Waals surface area contributed by atoms with Crippen molar-refractivity contribution in [2.75, 3.05) is 5.32 Å². The molecular formula is C14H11N3O2S2. The molecule has 3 aromatic rings. The molecule has 106 valence electrons. The number of carbonyl (C=O) groups excluding carboxylic acids is 1. The van der Waals surface area contributed by atoms with E-state index in [1.54, 1.807) is 23.3 Å². The molecule has 0 radical (unpaired) electrons. The van der Waals surface area contributed by atoms with Crippen molar-refractivity contribution in [2.24, 2.45) is 0 Å². The fourth-order valence-corrected chi connectivity index (χ4v) is 2.89. The zero-order chi connectivity index (χ0) is 14.5. The van der Waals surface area contributed by atoms with Gasteiger partial charge >= 0.3 is 0 Å². The Morgan fingerprint density at radius 3 is 2.86 bits per heavy atom. The van der Waals surface area contributed by atoms with Crippen molar-refractivity contribution in [3.63, 3.8) is 0 Å². The number of thioether (sulfide) groups is 1. The highest BCUT2D eigenvalue weighted by Crippen LogP contribution is 2.23. The van der Waals surface area contributed by atoms with E-state index in [1.165, 1.54) is 11.3 Å². The Hall–Kier alpha value is -2.12. The first-order chi connectivity index (χ1) is 10.3. The van der Waals surface area contributed by atoms with E-state index >= 15 is 0 Å². The van der Waals surface area contributed by atoms with Crippen LogP contribution >= 0.6 is 23.1 Å². The quantitative estimate of drug-likeness (QED) is 0.727. The van der Waals surface area contributed by atoms with Crippen LogP contribution in [0.5, 0.6) is 0 Å². The van der Waals surface area contributed by atoms with Crippen molar-refractivity contribution < 1.29 is 9.21 Å². The van der Waals surface area contributed by atoms with Crippen molar-refractivity contribution in [1.29, 1.82) is 0 Å². The zero-order valence-corrected chi connectivity index (χ0v) is 12.5. The van der Waals surface area contributed by atoms with Crippen LogP contribution in [0.15, 0.2) is 57.3 Å². The maximum Gasteiger partial charge on any atom is 0.293 e. The first-order valence-corrected chi connectivity index (χ1v) is 8.02. The second-order valence-corrected chi connectivity index (χ2v) is 5.95. The standard InChI is InChI=1S/C14H11N3O2S2/c18-13(16-14-17-15-9-21-14)12-7-6-10(19-12)8-20-11-4-2-1-3-5-11/h1-7,9H,8H2,(H,16,17,18). The number of rotatable bonds is 5. The van der Waals surface area contributed by atoms with E-state index in [-0.39, 0.29) is 11.7 Å². The van der Waals surface area contributed by atoms with Crippen LogP contribution in [0.3, 0.4) is 0 Å². The minimum atomic E-state index is -0.317. The number of hydrogen-bond acceptors (Lipinski definition) is 6. The minimum Gasteiger partial charge on any atom is -0.455 e. The lowest BCUT2D eigenvalue weighted by molar-refractivity contribution is 0.0995. The molecule has 0 spiro atoms. The molecule has 0 saturated carbocycles. The molecule has 0 bridgehead atoms. The molecule has 0 aliphatic rings. The van der Waals surface area contributed by atoms with E-state index in [2.05, 4.69) is 15.5 Å². The Balaban J connectivity index is 1.59. The summed E-state index contributed by atoms with van der Waals surface area (Å²) in [7, 11) is 0. The van der Waals surface area contributed by atoms with Gasteiger partial charge in [0.15, 0.2) is 5.76 Å². The van der Waals surface area contributed by atoms with Gasteiger partial charge in [-0.2, -0.15) is 0 Å². The average molecular weight is 317 g/mol. The minimum absolute atomic E-state index is 0.272. The Labute approximate surface area is 129 Å². The Morgan fingerprint density at radius 1 is 1.24 bits per heavy atom. The molecule has 1 N–H and O–H groups in total. The van der Waals surface area contributed by atoms with Crippen LogP contribution in [0.25, 0.3) is 0 Å². The Kier molecular flexibility index (Phi) is 4.32. The molecule has 0 atom stereocenters. The monoisotopic (exact) mass is 317 g/mol. The van der Waals surface area contributed by atoms with Gasteiger partial charge in [0, 0.05) is 4.90 Å². The van der Waals surface area contributed by atoms with Crippen LogP contribution in [0, 0.1) is 0 Å². The Bertz CT molecular complexity index is 711. The molecule has 0 fully saturated rings. The first-order valence-electron chi connectivity index (χ1n) is 6.15. The number of benzene rings is 1. The van der Waals surface area contributed by atoms with Gasteiger partial charge in [-0.05, 0) is 24.3 Å². The van der Waals surface area contributed by atoms with E-state index in [1.807, 2.05) is 36.4 Å². The summed E-state index contributed by atoms with van der Waals surface area (Å²) in [6.07, 6.45) is 0. The van der Waals surface area contributed by atoms with Gasteiger partial charge in [-0.3, -0.25) is 10.1 Å². The van der Waals surface area contributed by atoms with Crippen molar-refractivity contribution in [3.05, 3.63) is 59.5 Å². The number of anilines is 1. The molecule has 3 rings (SSSR count). The third kappa shape index (κ3) is 3.71. The molecule has 1 aromatic carbocycles. The van der Waals surface area contributed by atoms with E-state index in [0.717, 1.165) is 10.7 Å². The van der Waals surface area contributed by atoms with E-state index in [4.69, 9.17) is 4.42 Å². The summed E-state index contributed by atoms with van der Waals surface area (Å²) in [5.41, 5.74) is 1.56. The third-order valence-electron chi connectivity index (χ3n) is 2.59. The van der Waals surface area contributed by atoms with Gasteiger partial charge in [0.05, 0.1) is 5.75 Å². The number of hydrogen-bond donors (Lipinski definition) is 1. The molecule has 0 saturated heterocycles. The summed E-state index contributed by atoms with van der Waals surface area (Å²) >= 11 is 2.92. The first kappa shape index (κ1) is 13.8. The molecule has 2 aromatic heterocycles. The van der Waals surface area contributed by atoms with E-state index in [9.17, 15) is 4.79 Å². The summed E-state index contributed by atoms with van der Waals surface area (Å²) in [4.78, 5) is 13.1. The normalized spacial score (nSPS) is 10.5. The van der Waals surface area contributed by atoms with Crippen molar-refractivity contribution in [2.45, 2.75) is 10.6 Å². The summed E-state index contributed by atoms with van der Waals surface area (Å²) in [6, 6.07) is 13.5. The highest BCUT2D eigenvalue weighted by atomic mass is 32.2. The van der Waals surface area contributed by atoms with E-state index in [0.29, 0.717) is 10.9 Å². The van der Waals surface area contributed by atoms with Crippen molar-refractivity contribution in [1.82, 2.24) is 10.2 Å². The molecule has 2 heterocycles. The molecule has 0 aliphatic carbocycles. The lowest BCUT2D eigenvalue weighted by Gasteiger charge is -1.99. The number of nitrogens with zero attached hydrogens (tertiary/aromatic N) is 2. The van der Waals surface area contributed by atoms with E-state index < -0.39 is 0 Å². The second-order valence-electron chi connectivity index (χ2n) is 4.07. The summed E-state index contributed by atoms with van der Waals surface area (Å²) in [5, 5.41) is 10.5. The molecule has 0 unspecified atom stereocenters. The van der Waals surface area contributed by atoms with Crippen LogP contribution in [-0.4, -0.2) is 16.1 Å². The summed E-state index contributed by atoms with van der Waals surface area (Å²) in [6.45, 7) is 0. The second kappa shape index (κ2) is 6.55. The average Bonchev–Trinajstić information content (AvgIpc) is 3.17. The summed E-state index contributed by atoms with van der Waals surface area (Å²) < 4.78 is 5.54. The smallest absolute Gasteiger partial charge is 0.293 e. The van der Waals surface area contributed by atoms with Gasteiger partial charge < -0.3 is 4.42 Å². The van der Waals surface area contributed by atoms with Gasteiger partial charge in [0.2, 0.25) is 5.13 Å². The fourth-order valence-electron chi connectivity index (χ4n) is 1.63. The highest BCUT2D eigenvalue weighted by molar-refractivity contribution is 7.98. The van der Waals surface area contributed by atoms with Gasteiger partial charge in [-0.25, -0.2) is 0 Å². The van der Waals surface area contributed by atoms with Gasteiger partial charge in [0.1, 0.15) is 11.3 Å². The lowest BCUT2D eigenvalue weighted by atomic mass is 10.4. The van der Waals surface area contributed by atoms with Crippen LogP contribution < -0.4 is 5.32 Å². The third-order valence-corrected chi connectivity index (χ3v) is 4.23. The van der Waals surface area contributed by atoms with Crippen LogP contribution in [-0.2, 0) is 5.75 Å². The predicted molar refractivity (Wildman–Crippen MR) is 82.6 cm³/mol. The van der Waals surface area contributed by atoms with Crippen LogP contribution in [0.4, 0.5) is 5.13 Å². The topological polar surface area (TPSA) is 68.0 Å². The number of aromatic nitrogens is 2. The lowest BCUT2D eigenvalue weighted by Crippen LogP contribution is -2.10.